The number of nitrogens with one attached hydrogen (secondary N) is 1. The van der Waals surface area contributed by atoms with Crippen LogP contribution in [-0.2, 0) is 0 Å². The number of hydrogen-bond acceptors (Lipinski definition) is 2. The third kappa shape index (κ3) is 3.64. The Bertz CT molecular complexity index is 891. The first kappa shape index (κ1) is 17.4. The average Bonchev–Trinajstić information content (AvgIpc) is 2.57. The molecule has 0 spiro atoms. The van der Waals surface area contributed by atoms with Crippen molar-refractivity contribution in [1.82, 2.24) is 0 Å². The molecule has 0 aromatic heterocycles. The molecule has 1 N–H and O–H groups in total. The van der Waals surface area contributed by atoms with Gasteiger partial charge in [-0.25, -0.2) is 8.78 Å². The predicted molar refractivity (Wildman–Crippen MR) is 96.2 cm³/mol. The van der Waals surface area contributed by atoms with Crippen LogP contribution in [0.4, 0.5) is 20.2 Å². The second-order valence-corrected chi connectivity index (χ2v) is 6.59. The summed E-state index contributed by atoms with van der Waals surface area (Å²) in [5.74, 6) is -1.55. The van der Waals surface area contributed by atoms with Gasteiger partial charge in [-0.15, -0.1) is 0 Å². The van der Waals surface area contributed by atoms with Crippen LogP contribution in [0.2, 0.25) is 0 Å². The van der Waals surface area contributed by atoms with Crippen molar-refractivity contribution in [2.75, 3.05) is 5.32 Å². The Morgan fingerprint density at radius 1 is 1.16 bits per heavy atom. The molecule has 0 fully saturated rings. The van der Waals surface area contributed by atoms with Gasteiger partial charge in [-0.05, 0) is 31.2 Å². The van der Waals surface area contributed by atoms with Crippen molar-refractivity contribution in [2.45, 2.75) is 13.3 Å². The lowest BCUT2D eigenvalue weighted by molar-refractivity contribution is 0.0907. The van der Waals surface area contributed by atoms with E-state index in [4.69, 9.17) is 11.6 Å². The molecule has 1 atom stereocenters. The van der Waals surface area contributed by atoms with Crippen molar-refractivity contribution < 1.29 is 13.6 Å². The first-order valence-corrected chi connectivity index (χ1v) is 8.18. The van der Waals surface area contributed by atoms with Crippen LogP contribution in [0.3, 0.4) is 0 Å². The summed E-state index contributed by atoms with van der Waals surface area (Å²) in [7, 11) is 0. The molecule has 0 heterocycles. The molecule has 128 valence electrons. The van der Waals surface area contributed by atoms with Gasteiger partial charge in [-0.1, -0.05) is 42.0 Å². The van der Waals surface area contributed by atoms with Gasteiger partial charge in [-0.2, -0.15) is 0 Å². The molecule has 25 heavy (non-hydrogen) atoms. The summed E-state index contributed by atoms with van der Waals surface area (Å²) in [5, 5.41) is 3.48. The quantitative estimate of drug-likeness (QED) is 0.537. The Labute approximate surface area is 149 Å². The van der Waals surface area contributed by atoms with Gasteiger partial charge < -0.3 is 5.32 Å². The van der Waals surface area contributed by atoms with Crippen molar-refractivity contribution in [3.8, 4) is 0 Å². The predicted octanol–water partition coefficient (Wildman–Crippen LogP) is 5.98. The van der Waals surface area contributed by atoms with E-state index in [9.17, 15) is 13.6 Å². The lowest BCUT2D eigenvalue weighted by Crippen LogP contribution is -2.25. The Morgan fingerprint density at radius 2 is 1.92 bits per heavy atom. The highest BCUT2D eigenvalue weighted by molar-refractivity contribution is 6.30. The summed E-state index contributed by atoms with van der Waals surface area (Å²) >= 11 is 6.09. The monoisotopic (exact) mass is 359 g/mol. The van der Waals surface area contributed by atoms with Crippen LogP contribution in [0.1, 0.15) is 23.7 Å². The highest BCUT2D eigenvalue weighted by Gasteiger charge is 2.32. The zero-order valence-corrected chi connectivity index (χ0v) is 14.3. The fourth-order valence-electron chi connectivity index (χ4n) is 2.81. The Kier molecular flexibility index (Phi) is 4.73. The summed E-state index contributed by atoms with van der Waals surface area (Å²) in [6.07, 6.45) is 6.00. The van der Waals surface area contributed by atoms with Crippen molar-refractivity contribution in [3.63, 3.8) is 0 Å². The Morgan fingerprint density at radius 3 is 2.64 bits per heavy atom. The van der Waals surface area contributed by atoms with Crippen LogP contribution < -0.4 is 5.32 Å². The van der Waals surface area contributed by atoms with E-state index in [1.54, 1.807) is 37.3 Å². The summed E-state index contributed by atoms with van der Waals surface area (Å²) in [5.41, 5.74) is 0.0809. The van der Waals surface area contributed by atoms with Gasteiger partial charge in [0.25, 0.3) is 0 Å². The second kappa shape index (κ2) is 6.81. The molecular weight excluding hydrogens is 344 g/mol. The van der Waals surface area contributed by atoms with Gasteiger partial charge in [0.15, 0.2) is 5.78 Å². The smallest absolute Gasteiger partial charge is 0.178 e. The van der Waals surface area contributed by atoms with Crippen LogP contribution in [-0.4, -0.2) is 5.78 Å². The van der Waals surface area contributed by atoms with E-state index in [0.717, 1.165) is 12.1 Å². The molecule has 0 amide bonds. The van der Waals surface area contributed by atoms with E-state index in [1.165, 1.54) is 6.07 Å². The normalized spacial score (nSPS) is 19.4. The molecule has 1 aliphatic rings. The zero-order valence-electron chi connectivity index (χ0n) is 13.5. The number of hydrogen-bond donors (Lipinski definition) is 1. The Hall–Kier alpha value is -2.46. The second-order valence-electron chi connectivity index (χ2n) is 6.10. The molecular formula is C20H16ClF2NO. The molecule has 2 aromatic carbocycles. The zero-order chi connectivity index (χ0) is 18.0. The highest BCUT2D eigenvalue weighted by atomic mass is 35.5. The van der Waals surface area contributed by atoms with Crippen molar-refractivity contribution in [2.24, 2.45) is 5.41 Å². The largest absolute Gasteiger partial charge is 0.353 e. The van der Waals surface area contributed by atoms with E-state index < -0.39 is 17.0 Å². The molecule has 0 bridgehead atoms. The maximum atomic E-state index is 13.9. The van der Waals surface area contributed by atoms with Gasteiger partial charge in [-0.3, -0.25) is 4.79 Å². The summed E-state index contributed by atoms with van der Waals surface area (Å²) in [6.45, 7) is 1.78. The van der Waals surface area contributed by atoms with E-state index >= 15 is 0 Å². The molecule has 0 aliphatic heterocycles. The SMILES string of the molecule is CC1(C(=O)c2ccccc2Nc2ccc(F)cc2F)C=CCC(Cl)=C1. The molecule has 1 unspecified atom stereocenters. The van der Waals surface area contributed by atoms with Crippen molar-refractivity contribution in [3.05, 3.63) is 82.9 Å². The molecule has 0 radical (unpaired) electrons. The minimum atomic E-state index is -0.867. The van der Waals surface area contributed by atoms with E-state index in [0.29, 0.717) is 22.7 Å². The van der Waals surface area contributed by atoms with Crippen molar-refractivity contribution >= 4 is 28.8 Å². The molecule has 2 nitrogen and oxygen atoms in total. The number of para-hydroxylation sites is 1. The van der Waals surface area contributed by atoms with Gasteiger partial charge >= 0.3 is 0 Å². The molecule has 0 saturated carbocycles. The lowest BCUT2D eigenvalue weighted by Gasteiger charge is -2.25. The van der Waals surface area contributed by atoms with Gasteiger partial charge in [0, 0.05) is 28.8 Å². The number of carbonyl (C=O) groups excluding carboxylic acids is 1. The van der Waals surface area contributed by atoms with E-state index in [-0.39, 0.29) is 11.5 Å². The van der Waals surface area contributed by atoms with Gasteiger partial charge in [0.1, 0.15) is 11.6 Å². The van der Waals surface area contributed by atoms with Crippen LogP contribution in [0.5, 0.6) is 0 Å². The first-order chi connectivity index (χ1) is 11.9. The van der Waals surface area contributed by atoms with Crippen LogP contribution in [0, 0.1) is 17.0 Å². The number of allylic oxidation sites excluding steroid dienone is 4. The number of halogens is 3. The number of rotatable bonds is 4. The number of Topliss-reactive ketones (excluding diaryl/α,β-unsaturated/α-hetero) is 1. The van der Waals surface area contributed by atoms with Gasteiger partial charge in [0.05, 0.1) is 11.1 Å². The topological polar surface area (TPSA) is 29.1 Å². The summed E-state index contributed by atoms with van der Waals surface area (Å²) in [4.78, 5) is 13.1. The Balaban J connectivity index is 1.97. The maximum Gasteiger partial charge on any atom is 0.178 e. The summed E-state index contributed by atoms with van der Waals surface area (Å²) in [6, 6.07) is 10.1. The minimum absolute atomic E-state index is 0.0968. The first-order valence-electron chi connectivity index (χ1n) is 7.80. The fourth-order valence-corrected chi connectivity index (χ4v) is 3.12. The van der Waals surface area contributed by atoms with E-state index in [1.807, 2.05) is 12.2 Å². The third-order valence-corrected chi connectivity index (χ3v) is 4.36. The minimum Gasteiger partial charge on any atom is -0.353 e. The average molecular weight is 360 g/mol. The molecule has 3 rings (SSSR count). The van der Waals surface area contributed by atoms with Crippen LogP contribution in [0.15, 0.2) is 65.7 Å². The number of anilines is 2. The molecule has 2 aromatic rings. The third-order valence-electron chi connectivity index (χ3n) is 4.09. The van der Waals surface area contributed by atoms with Crippen LogP contribution in [0.25, 0.3) is 0 Å². The molecule has 5 heteroatoms. The number of benzene rings is 2. The summed E-state index contributed by atoms with van der Waals surface area (Å²) < 4.78 is 27.0. The lowest BCUT2D eigenvalue weighted by atomic mass is 9.79. The highest BCUT2D eigenvalue weighted by Crippen LogP contribution is 2.36. The molecule has 0 saturated heterocycles. The fraction of sp³-hybridized carbons (Fsp3) is 0.150. The number of carbonyl (C=O) groups is 1. The standard InChI is InChI=1S/C20H16ClF2NO/c1-20(10-4-5-13(21)12-20)19(25)15-6-2-3-7-17(15)24-18-9-8-14(22)11-16(18)23/h2-4,6-12,24H,5H2,1H3. The van der Waals surface area contributed by atoms with Gasteiger partial charge in [0.2, 0.25) is 0 Å². The maximum absolute atomic E-state index is 13.9. The van der Waals surface area contributed by atoms with Crippen molar-refractivity contribution in [1.29, 1.82) is 0 Å². The number of ketones is 1. The van der Waals surface area contributed by atoms with E-state index in [2.05, 4.69) is 5.32 Å². The molecule has 1 aliphatic carbocycles. The van der Waals surface area contributed by atoms with Crippen LogP contribution >= 0.6 is 11.6 Å².